The van der Waals surface area contributed by atoms with Crippen molar-refractivity contribution in [3.63, 3.8) is 0 Å². The van der Waals surface area contributed by atoms with Gasteiger partial charge >= 0.3 is 0 Å². The lowest BCUT2D eigenvalue weighted by Crippen LogP contribution is -2.42. The van der Waals surface area contributed by atoms with Gasteiger partial charge < -0.3 is 15.4 Å². The first-order chi connectivity index (χ1) is 9.70. The summed E-state index contributed by atoms with van der Waals surface area (Å²) in [5.41, 5.74) is 2.75. The second-order valence-electron chi connectivity index (χ2n) is 5.45. The summed E-state index contributed by atoms with van der Waals surface area (Å²) in [7, 11) is 1.64. The Balaban J connectivity index is 1.84. The summed E-state index contributed by atoms with van der Waals surface area (Å²) in [6.07, 6.45) is 3.42. The van der Waals surface area contributed by atoms with Crippen LogP contribution in [0.2, 0.25) is 0 Å². The smallest absolute Gasteiger partial charge is 0.234 e. The van der Waals surface area contributed by atoms with Gasteiger partial charge in [-0.2, -0.15) is 0 Å². The number of nitrogens with one attached hydrogen (secondary N) is 2. The molecular formula is C16H24N2O2. The van der Waals surface area contributed by atoms with E-state index < -0.39 is 0 Å². The molecule has 0 spiro atoms. The summed E-state index contributed by atoms with van der Waals surface area (Å²) in [4.78, 5) is 11.9. The van der Waals surface area contributed by atoms with E-state index in [0.29, 0.717) is 19.2 Å². The molecule has 2 rings (SSSR count). The van der Waals surface area contributed by atoms with Gasteiger partial charge in [0.1, 0.15) is 0 Å². The van der Waals surface area contributed by atoms with Crippen LogP contribution in [0.4, 0.5) is 0 Å². The fourth-order valence-corrected chi connectivity index (χ4v) is 2.80. The Labute approximate surface area is 120 Å². The van der Waals surface area contributed by atoms with E-state index in [1.165, 1.54) is 17.5 Å². The predicted octanol–water partition coefficient (Wildman–Crippen LogP) is 1.80. The summed E-state index contributed by atoms with van der Waals surface area (Å²) in [6.45, 7) is 2.84. The monoisotopic (exact) mass is 276 g/mol. The second kappa shape index (κ2) is 7.41. The first-order valence-electron chi connectivity index (χ1n) is 7.30. The molecule has 20 heavy (non-hydrogen) atoms. The largest absolute Gasteiger partial charge is 0.383 e. The number of ether oxygens (including phenoxy) is 1. The van der Waals surface area contributed by atoms with Crippen molar-refractivity contribution in [2.24, 2.45) is 0 Å². The third kappa shape index (κ3) is 4.05. The number of benzene rings is 1. The van der Waals surface area contributed by atoms with Crippen molar-refractivity contribution in [3.8, 4) is 0 Å². The lowest BCUT2D eigenvalue weighted by molar-refractivity contribution is -0.121. The molecule has 1 amide bonds. The average Bonchev–Trinajstić information content (AvgIpc) is 2.45. The van der Waals surface area contributed by atoms with Crippen molar-refractivity contribution in [3.05, 3.63) is 35.4 Å². The third-order valence-corrected chi connectivity index (χ3v) is 3.70. The minimum atomic E-state index is 0.0256. The highest BCUT2D eigenvalue weighted by Crippen LogP contribution is 2.29. The van der Waals surface area contributed by atoms with E-state index in [2.05, 4.69) is 34.9 Å². The highest BCUT2D eigenvalue weighted by Gasteiger charge is 2.20. The fraction of sp³-hybridized carbons (Fsp3) is 0.562. The van der Waals surface area contributed by atoms with Crippen molar-refractivity contribution in [1.29, 1.82) is 0 Å². The molecule has 1 aliphatic rings. The van der Waals surface area contributed by atoms with Crippen molar-refractivity contribution >= 4 is 5.91 Å². The van der Waals surface area contributed by atoms with Gasteiger partial charge in [0.25, 0.3) is 0 Å². The summed E-state index contributed by atoms with van der Waals surface area (Å²) >= 11 is 0. The number of methoxy groups -OCH3 is 1. The zero-order chi connectivity index (χ0) is 14.4. The first kappa shape index (κ1) is 15.0. The van der Waals surface area contributed by atoms with E-state index in [9.17, 15) is 4.79 Å². The summed E-state index contributed by atoms with van der Waals surface area (Å²) in [5.74, 6) is 0.0256. The van der Waals surface area contributed by atoms with Gasteiger partial charge in [0, 0.05) is 19.2 Å². The van der Waals surface area contributed by atoms with E-state index in [4.69, 9.17) is 4.74 Å². The zero-order valence-corrected chi connectivity index (χ0v) is 12.3. The molecule has 0 saturated heterocycles. The maximum absolute atomic E-state index is 11.9. The van der Waals surface area contributed by atoms with E-state index in [1.807, 2.05) is 6.92 Å². The van der Waals surface area contributed by atoms with Crippen LogP contribution in [-0.4, -0.2) is 32.2 Å². The minimum absolute atomic E-state index is 0.0256. The van der Waals surface area contributed by atoms with Crippen LogP contribution in [-0.2, 0) is 16.0 Å². The van der Waals surface area contributed by atoms with Gasteiger partial charge in [-0.1, -0.05) is 24.3 Å². The number of fused-ring (bicyclic) bond motifs is 1. The molecule has 1 aromatic rings. The van der Waals surface area contributed by atoms with Crippen LogP contribution in [0.15, 0.2) is 24.3 Å². The molecule has 1 aliphatic carbocycles. The lowest BCUT2D eigenvalue weighted by atomic mass is 9.88. The summed E-state index contributed by atoms with van der Waals surface area (Å²) < 4.78 is 5.01. The van der Waals surface area contributed by atoms with Crippen molar-refractivity contribution in [1.82, 2.24) is 10.6 Å². The molecule has 4 heteroatoms. The van der Waals surface area contributed by atoms with Gasteiger partial charge in [-0.05, 0) is 37.3 Å². The molecule has 2 atom stereocenters. The Morgan fingerprint density at radius 3 is 3.05 bits per heavy atom. The molecular weight excluding hydrogens is 252 g/mol. The highest BCUT2D eigenvalue weighted by molar-refractivity contribution is 5.78. The quantitative estimate of drug-likeness (QED) is 0.833. The molecule has 0 heterocycles. The number of carbonyl (C=O) groups is 1. The minimum Gasteiger partial charge on any atom is -0.383 e. The van der Waals surface area contributed by atoms with Gasteiger partial charge in [0.15, 0.2) is 0 Å². The Bertz CT molecular complexity index is 448. The maximum atomic E-state index is 11.9. The topological polar surface area (TPSA) is 50.4 Å². The molecule has 2 unspecified atom stereocenters. The molecule has 0 aliphatic heterocycles. The Hall–Kier alpha value is -1.39. The van der Waals surface area contributed by atoms with Crippen LogP contribution in [0.3, 0.4) is 0 Å². The summed E-state index contributed by atoms with van der Waals surface area (Å²) in [6, 6.07) is 8.85. The van der Waals surface area contributed by atoms with Gasteiger partial charge in [-0.3, -0.25) is 4.79 Å². The second-order valence-corrected chi connectivity index (χ2v) is 5.45. The maximum Gasteiger partial charge on any atom is 0.234 e. The van der Waals surface area contributed by atoms with Gasteiger partial charge in [-0.25, -0.2) is 0 Å². The van der Waals surface area contributed by atoms with Crippen LogP contribution in [0, 0.1) is 0 Å². The number of hydrogen-bond donors (Lipinski definition) is 2. The van der Waals surface area contributed by atoms with Crippen molar-refractivity contribution in [2.75, 3.05) is 20.3 Å². The number of aryl methyl sites for hydroxylation is 1. The normalized spacial score (nSPS) is 19.2. The van der Waals surface area contributed by atoms with Crippen LogP contribution in [0.1, 0.15) is 36.9 Å². The Morgan fingerprint density at radius 2 is 2.25 bits per heavy atom. The lowest BCUT2D eigenvalue weighted by Gasteiger charge is -2.26. The van der Waals surface area contributed by atoms with Gasteiger partial charge in [0.2, 0.25) is 5.91 Å². The molecule has 0 saturated carbocycles. The molecule has 0 radical (unpaired) electrons. The summed E-state index contributed by atoms with van der Waals surface area (Å²) in [5, 5.41) is 6.29. The molecule has 4 nitrogen and oxygen atoms in total. The van der Waals surface area contributed by atoms with E-state index >= 15 is 0 Å². The Morgan fingerprint density at radius 1 is 1.45 bits per heavy atom. The van der Waals surface area contributed by atoms with E-state index in [1.54, 1.807) is 7.11 Å². The predicted molar refractivity (Wildman–Crippen MR) is 79.6 cm³/mol. The van der Waals surface area contributed by atoms with Gasteiger partial charge in [-0.15, -0.1) is 0 Å². The van der Waals surface area contributed by atoms with Crippen LogP contribution in [0.25, 0.3) is 0 Å². The molecule has 0 aromatic heterocycles. The van der Waals surface area contributed by atoms with E-state index in [-0.39, 0.29) is 11.9 Å². The molecule has 0 bridgehead atoms. The fourth-order valence-electron chi connectivity index (χ4n) is 2.80. The number of amides is 1. The number of hydrogen-bond acceptors (Lipinski definition) is 3. The van der Waals surface area contributed by atoms with E-state index in [0.717, 1.165) is 12.8 Å². The van der Waals surface area contributed by atoms with Crippen molar-refractivity contribution in [2.45, 2.75) is 38.3 Å². The Kier molecular flexibility index (Phi) is 5.56. The van der Waals surface area contributed by atoms with Crippen molar-refractivity contribution < 1.29 is 9.53 Å². The molecule has 2 N–H and O–H groups in total. The molecule has 0 fully saturated rings. The first-order valence-corrected chi connectivity index (χ1v) is 7.30. The zero-order valence-electron chi connectivity index (χ0n) is 12.3. The number of carbonyl (C=O) groups excluding carboxylic acids is 1. The average molecular weight is 276 g/mol. The highest BCUT2D eigenvalue weighted by atomic mass is 16.5. The molecule has 1 aromatic carbocycles. The van der Waals surface area contributed by atoms with Gasteiger partial charge in [0.05, 0.1) is 13.2 Å². The standard InChI is InChI=1S/C16H24N2O2/c1-12(11-20-2)18-16(19)10-17-15-9-5-7-13-6-3-4-8-14(13)15/h3-4,6,8,12,15,17H,5,7,9-11H2,1-2H3,(H,18,19). The van der Waals surface area contributed by atoms with Crippen LogP contribution < -0.4 is 10.6 Å². The van der Waals surface area contributed by atoms with Crippen LogP contribution >= 0.6 is 0 Å². The van der Waals surface area contributed by atoms with Crippen LogP contribution in [0.5, 0.6) is 0 Å². The SMILES string of the molecule is COCC(C)NC(=O)CNC1CCCc2ccccc21. The third-order valence-electron chi connectivity index (χ3n) is 3.70. The molecule has 110 valence electrons. The number of rotatable bonds is 6.